The Morgan fingerprint density at radius 2 is 1.88 bits per heavy atom. The molecule has 134 valence electrons. The third-order valence-electron chi connectivity index (χ3n) is 4.45. The van der Waals surface area contributed by atoms with Gasteiger partial charge in [-0.2, -0.15) is 10.4 Å². The van der Waals surface area contributed by atoms with E-state index < -0.39 is 0 Å². The van der Waals surface area contributed by atoms with Gasteiger partial charge in [0, 0.05) is 31.8 Å². The van der Waals surface area contributed by atoms with Crippen LogP contribution in [-0.2, 0) is 17.8 Å². The molecular formula is C19H21N5O2. The van der Waals surface area contributed by atoms with Gasteiger partial charge in [-0.25, -0.2) is 9.67 Å². The number of carbonyl (C=O) groups excluding carboxylic acids is 1. The molecule has 0 bridgehead atoms. The van der Waals surface area contributed by atoms with Crippen LogP contribution in [0.4, 0.5) is 5.82 Å². The van der Waals surface area contributed by atoms with E-state index in [1.165, 1.54) is 29.8 Å². The standard InChI is InChI=1S/C19H21N5O2/c20-12-16-6-5-15(13-21-16)11-17(25)14-24-19(26)8-7-18(22-24)23-9-3-1-2-4-10-23/h5-8,13H,1-4,9-11,14H2. The summed E-state index contributed by atoms with van der Waals surface area (Å²) in [6.45, 7) is 1.78. The molecule has 1 fully saturated rings. The second-order valence-electron chi connectivity index (χ2n) is 6.47. The number of pyridine rings is 1. The Balaban J connectivity index is 1.69. The molecule has 7 heteroatoms. The van der Waals surface area contributed by atoms with Crippen molar-refractivity contribution in [3.8, 4) is 6.07 Å². The van der Waals surface area contributed by atoms with Crippen LogP contribution >= 0.6 is 0 Å². The Morgan fingerprint density at radius 3 is 2.54 bits per heavy atom. The summed E-state index contributed by atoms with van der Waals surface area (Å²) >= 11 is 0. The van der Waals surface area contributed by atoms with Gasteiger partial charge < -0.3 is 4.90 Å². The van der Waals surface area contributed by atoms with Crippen LogP contribution in [0.5, 0.6) is 0 Å². The molecule has 3 heterocycles. The van der Waals surface area contributed by atoms with Crippen LogP contribution < -0.4 is 10.5 Å². The molecular weight excluding hydrogens is 330 g/mol. The van der Waals surface area contributed by atoms with E-state index >= 15 is 0 Å². The van der Waals surface area contributed by atoms with Crippen LogP contribution in [0.2, 0.25) is 0 Å². The fraction of sp³-hybridized carbons (Fsp3) is 0.421. The highest BCUT2D eigenvalue weighted by atomic mass is 16.1. The first-order chi connectivity index (χ1) is 12.7. The van der Waals surface area contributed by atoms with Crippen molar-refractivity contribution < 1.29 is 4.79 Å². The number of anilines is 1. The van der Waals surface area contributed by atoms with E-state index in [0.717, 1.165) is 31.7 Å². The van der Waals surface area contributed by atoms with Crippen molar-refractivity contribution in [1.82, 2.24) is 14.8 Å². The van der Waals surface area contributed by atoms with Gasteiger partial charge in [0.05, 0.1) is 0 Å². The normalized spacial score (nSPS) is 14.5. The van der Waals surface area contributed by atoms with E-state index in [9.17, 15) is 9.59 Å². The molecule has 2 aromatic heterocycles. The fourth-order valence-electron chi connectivity index (χ4n) is 3.07. The Hall–Kier alpha value is -3.01. The predicted molar refractivity (Wildman–Crippen MR) is 96.8 cm³/mol. The molecule has 2 aromatic rings. The Kier molecular flexibility index (Phi) is 5.74. The lowest BCUT2D eigenvalue weighted by Crippen LogP contribution is -2.31. The van der Waals surface area contributed by atoms with Crippen molar-refractivity contribution in [3.63, 3.8) is 0 Å². The molecule has 0 saturated carbocycles. The van der Waals surface area contributed by atoms with E-state index in [0.29, 0.717) is 11.3 Å². The number of ketones is 1. The minimum atomic E-state index is -0.283. The third-order valence-corrected chi connectivity index (χ3v) is 4.45. The zero-order valence-corrected chi connectivity index (χ0v) is 14.6. The molecule has 0 aliphatic carbocycles. The average Bonchev–Trinajstić information content (AvgIpc) is 2.93. The molecule has 26 heavy (non-hydrogen) atoms. The summed E-state index contributed by atoms with van der Waals surface area (Å²) in [7, 11) is 0. The van der Waals surface area contributed by atoms with Gasteiger partial charge in [-0.05, 0) is 30.5 Å². The molecule has 0 spiro atoms. The lowest BCUT2D eigenvalue weighted by Gasteiger charge is -2.21. The Morgan fingerprint density at radius 1 is 1.12 bits per heavy atom. The van der Waals surface area contributed by atoms with Crippen molar-refractivity contribution in [2.75, 3.05) is 18.0 Å². The van der Waals surface area contributed by atoms with Gasteiger partial charge >= 0.3 is 0 Å². The number of hydrogen-bond donors (Lipinski definition) is 0. The van der Waals surface area contributed by atoms with E-state index in [1.54, 1.807) is 18.2 Å². The smallest absolute Gasteiger partial charge is 0.267 e. The minimum Gasteiger partial charge on any atom is -0.355 e. The summed E-state index contributed by atoms with van der Waals surface area (Å²) in [5, 5.41) is 13.2. The Labute approximate surface area is 151 Å². The largest absolute Gasteiger partial charge is 0.355 e. The summed E-state index contributed by atoms with van der Waals surface area (Å²) in [4.78, 5) is 30.5. The molecule has 0 atom stereocenters. The quantitative estimate of drug-likeness (QED) is 0.814. The van der Waals surface area contributed by atoms with Gasteiger partial charge in [-0.15, -0.1) is 0 Å². The lowest BCUT2D eigenvalue weighted by molar-refractivity contribution is -0.119. The van der Waals surface area contributed by atoms with Gasteiger partial charge in [0.1, 0.15) is 24.1 Å². The highest BCUT2D eigenvalue weighted by Crippen LogP contribution is 2.15. The topological polar surface area (TPSA) is 91.9 Å². The monoisotopic (exact) mass is 351 g/mol. The molecule has 1 saturated heterocycles. The van der Waals surface area contributed by atoms with Crippen molar-refractivity contribution in [3.05, 3.63) is 52.1 Å². The van der Waals surface area contributed by atoms with Crippen molar-refractivity contribution in [2.45, 2.75) is 38.6 Å². The molecule has 0 N–H and O–H groups in total. The summed E-state index contributed by atoms with van der Waals surface area (Å²) in [5.41, 5.74) is 0.741. The van der Waals surface area contributed by atoms with Crippen molar-refractivity contribution >= 4 is 11.6 Å². The molecule has 0 unspecified atom stereocenters. The predicted octanol–water partition coefficient (Wildman–Crippen LogP) is 1.70. The molecule has 1 aliphatic rings. The number of nitriles is 1. The van der Waals surface area contributed by atoms with Gasteiger partial charge in [-0.3, -0.25) is 9.59 Å². The zero-order valence-electron chi connectivity index (χ0n) is 14.6. The van der Waals surface area contributed by atoms with Gasteiger partial charge in [0.2, 0.25) is 0 Å². The van der Waals surface area contributed by atoms with Crippen LogP contribution in [0.1, 0.15) is 36.9 Å². The van der Waals surface area contributed by atoms with Crippen LogP contribution in [0, 0.1) is 11.3 Å². The SMILES string of the molecule is N#Cc1ccc(CC(=O)Cn2nc(N3CCCCCC3)ccc2=O)cn1. The maximum Gasteiger partial charge on any atom is 0.267 e. The van der Waals surface area contributed by atoms with E-state index in [1.807, 2.05) is 6.07 Å². The maximum atomic E-state index is 12.3. The molecule has 7 nitrogen and oxygen atoms in total. The zero-order chi connectivity index (χ0) is 18.4. The molecule has 3 rings (SSSR count). The lowest BCUT2D eigenvalue weighted by atomic mass is 10.1. The van der Waals surface area contributed by atoms with E-state index in [2.05, 4.69) is 15.0 Å². The molecule has 1 aliphatic heterocycles. The fourth-order valence-corrected chi connectivity index (χ4v) is 3.07. The van der Waals surface area contributed by atoms with Crippen LogP contribution in [0.25, 0.3) is 0 Å². The minimum absolute atomic E-state index is 0.0689. The van der Waals surface area contributed by atoms with E-state index in [4.69, 9.17) is 5.26 Å². The third kappa shape index (κ3) is 4.54. The van der Waals surface area contributed by atoms with Gasteiger partial charge in [-0.1, -0.05) is 18.9 Å². The molecule has 0 amide bonds. The van der Waals surface area contributed by atoms with Crippen LogP contribution in [0.15, 0.2) is 35.3 Å². The van der Waals surface area contributed by atoms with Crippen molar-refractivity contribution in [1.29, 1.82) is 5.26 Å². The second-order valence-corrected chi connectivity index (χ2v) is 6.47. The highest BCUT2D eigenvalue weighted by molar-refractivity contribution is 5.80. The maximum absolute atomic E-state index is 12.3. The summed E-state index contributed by atoms with van der Waals surface area (Å²) in [6, 6.07) is 8.43. The highest BCUT2D eigenvalue weighted by Gasteiger charge is 2.14. The number of hydrogen-bond acceptors (Lipinski definition) is 6. The molecule has 0 aromatic carbocycles. The summed E-state index contributed by atoms with van der Waals surface area (Å²) in [5.74, 6) is 0.624. The number of carbonyl (C=O) groups is 1. The number of nitrogens with zero attached hydrogens (tertiary/aromatic N) is 5. The number of aromatic nitrogens is 3. The van der Waals surface area contributed by atoms with Crippen LogP contribution in [-0.4, -0.2) is 33.6 Å². The number of Topliss-reactive ketones (excluding diaryl/α,β-unsaturated/α-hetero) is 1. The second kappa shape index (κ2) is 8.39. The van der Waals surface area contributed by atoms with Gasteiger partial charge in [0.25, 0.3) is 5.56 Å². The first-order valence-corrected chi connectivity index (χ1v) is 8.85. The molecule has 0 radical (unpaired) electrons. The van der Waals surface area contributed by atoms with Crippen molar-refractivity contribution in [2.24, 2.45) is 0 Å². The average molecular weight is 351 g/mol. The van der Waals surface area contributed by atoms with Gasteiger partial charge in [0.15, 0.2) is 5.78 Å². The Bertz CT molecular complexity index is 859. The number of rotatable bonds is 5. The summed E-state index contributed by atoms with van der Waals surface area (Å²) < 4.78 is 1.24. The summed E-state index contributed by atoms with van der Waals surface area (Å²) in [6.07, 6.45) is 6.33. The first kappa shape index (κ1) is 17.8. The first-order valence-electron chi connectivity index (χ1n) is 8.85. The van der Waals surface area contributed by atoms with E-state index in [-0.39, 0.29) is 24.3 Å². The van der Waals surface area contributed by atoms with Crippen LogP contribution in [0.3, 0.4) is 0 Å².